The number of nitrogens with zero attached hydrogens (tertiary/aromatic N) is 2. The molecule has 1 amide bonds. The maximum atomic E-state index is 12.7. The third-order valence-corrected chi connectivity index (χ3v) is 9.83. The number of nitrogens with two attached hydrogens (primary N) is 1. The number of carbonyl (C=O) groups excluding carboxylic acids is 1. The lowest BCUT2D eigenvalue weighted by atomic mass is 9.79. The molecule has 5 N–H and O–H groups in total. The molecule has 4 rings (SSSR count). The van der Waals surface area contributed by atoms with Crippen LogP contribution in [0.2, 0.25) is 0 Å². The Morgan fingerprint density at radius 2 is 2.03 bits per heavy atom. The number of carboxylic acid groups (broad SMARTS) is 1. The molecule has 0 saturated carbocycles. The van der Waals surface area contributed by atoms with Gasteiger partial charge in [0.15, 0.2) is 0 Å². The minimum Gasteiger partial charge on any atom is -0.496 e. The number of aliphatic hydroxyl groups is 1. The van der Waals surface area contributed by atoms with E-state index in [0.29, 0.717) is 24.4 Å². The molecule has 210 valence electrons. The first kappa shape index (κ1) is 28.8. The van der Waals surface area contributed by atoms with E-state index in [2.05, 4.69) is 15.7 Å². The van der Waals surface area contributed by atoms with Crippen LogP contribution in [0.15, 0.2) is 22.7 Å². The van der Waals surface area contributed by atoms with Crippen LogP contribution >= 0.6 is 11.8 Å². The van der Waals surface area contributed by atoms with Crippen molar-refractivity contribution in [3.63, 3.8) is 0 Å². The largest absolute Gasteiger partial charge is 0.496 e. The first-order valence-corrected chi connectivity index (χ1v) is 15.0. The van der Waals surface area contributed by atoms with Gasteiger partial charge in [0.2, 0.25) is 5.91 Å². The van der Waals surface area contributed by atoms with Crippen molar-refractivity contribution in [2.75, 3.05) is 20.2 Å². The van der Waals surface area contributed by atoms with Crippen molar-refractivity contribution in [3.8, 4) is 5.75 Å². The van der Waals surface area contributed by atoms with Crippen LogP contribution in [0, 0.1) is 25.7 Å². The van der Waals surface area contributed by atoms with Crippen LogP contribution < -0.4 is 14.6 Å². The second-order valence-corrected chi connectivity index (χ2v) is 13.2. The third-order valence-electron chi connectivity index (χ3n) is 7.77. The van der Waals surface area contributed by atoms with Crippen LogP contribution in [0.25, 0.3) is 0 Å². The lowest BCUT2D eigenvalue weighted by Crippen LogP contribution is -2.63. The van der Waals surface area contributed by atoms with Crippen molar-refractivity contribution >= 4 is 33.8 Å². The number of carbonyl (C=O) groups is 2. The SMILES string of the molecule is COc1cc(C)cc(C)c1CN1C[C@@H](SC2=C(C(=O)O)N3C(=O)[C@H]([C@@H](C)O)[C@H]3[C@H]2C)C[C@H]1CNS(N)(=O)=O. The zero-order valence-electron chi connectivity index (χ0n) is 22.2. The molecule has 0 bridgehead atoms. The minimum absolute atomic E-state index is 0.0110. The minimum atomic E-state index is -3.89. The van der Waals surface area contributed by atoms with Gasteiger partial charge in [0.25, 0.3) is 10.2 Å². The van der Waals surface area contributed by atoms with Gasteiger partial charge in [-0.3, -0.25) is 9.69 Å². The lowest BCUT2D eigenvalue weighted by Gasteiger charge is -2.46. The summed E-state index contributed by atoms with van der Waals surface area (Å²) >= 11 is 1.43. The summed E-state index contributed by atoms with van der Waals surface area (Å²) in [7, 11) is -2.27. The number of carboxylic acids is 1. The number of amides is 1. The summed E-state index contributed by atoms with van der Waals surface area (Å²) in [6.45, 7) is 8.64. The van der Waals surface area contributed by atoms with E-state index in [9.17, 15) is 28.2 Å². The summed E-state index contributed by atoms with van der Waals surface area (Å²) < 4.78 is 31.4. The molecule has 0 aliphatic carbocycles. The third kappa shape index (κ3) is 5.45. The molecule has 38 heavy (non-hydrogen) atoms. The highest BCUT2D eigenvalue weighted by molar-refractivity contribution is 8.03. The van der Waals surface area contributed by atoms with E-state index < -0.39 is 28.2 Å². The number of hydrogen-bond acceptors (Lipinski definition) is 8. The Hall–Kier alpha value is -2.16. The number of fused-ring (bicyclic) bond motifs is 1. The zero-order valence-corrected chi connectivity index (χ0v) is 23.8. The van der Waals surface area contributed by atoms with Gasteiger partial charge in [0.05, 0.1) is 25.2 Å². The van der Waals surface area contributed by atoms with Gasteiger partial charge >= 0.3 is 5.97 Å². The average molecular weight is 569 g/mol. The molecule has 1 aromatic rings. The molecule has 13 heteroatoms. The van der Waals surface area contributed by atoms with Crippen LogP contribution in [-0.4, -0.2) is 83.9 Å². The number of likely N-dealkylation sites (tertiary alicyclic amines) is 1. The van der Waals surface area contributed by atoms with Gasteiger partial charge in [0.1, 0.15) is 11.4 Å². The summed E-state index contributed by atoms with van der Waals surface area (Å²) in [4.78, 5) is 29.0. The number of benzene rings is 1. The standard InChI is InChI=1S/C25H36N4O7S2/c1-12-6-13(2)18(19(7-12)36-5)11-28-10-17(8-16(28)9-27-38(26,34)35)37-23-14(3)21-20(15(4)30)24(31)29(21)22(23)25(32)33/h6-7,14-17,20-21,27,30H,8-11H2,1-5H3,(H,32,33)(H2,26,34,35)/t14-,15-,16+,17+,20-,21-/m1/s1. The highest BCUT2D eigenvalue weighted by Gasteiger charge is 2.60. The van der Waals surface area contributed by atoms with Crippen molar-refractivity contribution in [2.45, 2.75) is 64.1 Å². The lowest BCUT2D eigenvalue weighted by molar-refractivity contribution is -0.163. The monoisotopic (exact) mass is 568 g/mol. The number of aliphatic hydroxyl groups excluding tert-OH is 1. The maximum absolute atomic E-state index is 12.7. The van der Waals surface area contributed by atoms with E-state index in [1.165, 1.54) is 16.7 Å². The van der Waals surface area contributed by atoms with E-state index in [-0.39, 0.29) is 41.4 Å². The molecule has 3 heterocycles. The van der Waals surface area contributed by atoms with Gasteiger partial charge < -0.3 is 19.8 Å². The predicted molar refractivity (Wildman–Crippen MR) is 143 cm³/mol. The molecule has 11 nitrogen and oxygen atoms in total. The summed E-state index contributed by atoms with van der Waals surface area (Å²) in [5.74, 6) is -1.64. The van der Waals surface area contributed by atoms with Gasteiger partial charge in [-0.1, -0.05) is 13.0 Å². The highest BCUT2D eigenvalue weighted by Crippen LogP contribution is 2.52. The van der Waals surface area contributed by atoms with E-state index in [4.69, 9.17) is 9.88 Å². The first-order chi connectivity index (χ1) is 17.7. The van der Waals surface area contributed by atoms with Crippen molar-refractivity contribution in [1.82, 2.24) is 14.5 Å². The number of aryl methyl sites for hydroxylation is 2. The number of hydrogen-bond donors (Lipinski definition) is 4. The number of rotatable bonds is 10. The number of thioether (sulfide) groups is 1. The molecule has 0 spiro atoms. The molecule has 0 unspecified atom stereocenters. The van der Waals surface area contributed by atoms with E-state index in [0.717, 1.165) is 22.4 Å². The van der Waals surface area contributed by atoms with Gasteiger partial charge in [0, 0.05) is 47.3 Å². The number of aliphatic carboxylic acids is 1. The van der Waals surface area contributed by atoms with Crippen molar-refractivity contribution in [2.24, 2.45) is 17.0 Å². The highest BCUT2D eigenvalue weighted by atomic mass is 32.2. The molecule has 1 aromatic carbocycles. The maximum Gasteiger partial charge on any atom is 0.353 e. The molecule has 3 aliphatic rings. The van der Waals surface area contributed by atoms with E-state index in [1.807, 2.05) is 26.8 Å². The molecule has 3 aliphatic heterocycles. The zero-order chi connectivity index (χ0) is 28.1. The Labute approximate surface area is 227 Å². The Balaban J connectivity index is 1.60. The summed E-state index contributed by atoms with van der Waals surface area (Å²) in [6, 6.07) is 3.46. The Kier molecular flexibility index (Phi) is 8.18. The Morgan fingerprint density at radius 3 is 2.61 bits per heavy atom. The van der Waals surface area contributed by atoms with E-state index >= 15 is 0 Å². The number of ether oxygens (including phenoxy) is 1. The molecule has 0 radical (unpaired) electrons. The number of nitrogens with one attached hydrogen (secondary N) is 1. The molecule has 0 aromatic heterocycles. The molecule has 6 atom stereocenters. The second kappa shape index (κ2) is 10.8. The van der Waals surface area contributed by atoms with Crippen LogP contribution in [0.3, 0.4) is 0 Å². The van der Waals surface area contributed by atoms with Gasteiger partial charge in [-0.25, -0.2) is 14.7 Å². The topological polar surface area (TPSA) is 162 Å². The van der Waals surface area contributed by atoms with Crippen LogP contribution in [0.5, 0.6) is 5.75 Å². The fourth-order valence-electron chi connectivity index (χ4n) is 6.05. The average Bonchev–Trinajstić information content (AvgIpc) is 3.29. The summed E-state index contributed by atoms with van der Waals surface area (Å²) in [5, 5.41) is 25.3. The Morgan fingerprint density at radius 1 is 1.34 bits per heavy atom. The first-order valence-electron chi connectivity index (χ1n) is 12.5. The van der Waals surface area contributed by atoms with Gasteiger partial charge in [-0.2, -0.15) is 8.42 Å². The molecule has 2 saturated heterocycles. The predicted octanol–water partition coefficient (Wildman–Crippen LogP) is 0.935. The number of methoxy groups -OCH3 is 1. The molecular weight excluding hydrogens is 532 g/mol. The van der Waals surface area contributed by atoms with Gasteiger partial charge in [-0.15, -0.1) is 11.8 Å². The van der Waals surface area contributed by atoms with Gasteiger partial charge in [-0.05, 0) is 44.4 Å². The van der Waals surface area contributed by atoms with Crippen LogP contribution in [-0.2, 0) is 26.3 Å². The Bertz CT molecular complexity index is 1270. The second-order valence-electron chi connectivity index (χ2n) is 10.5. The van der Waals surface area contributed by atoms with Crippen LogP contribution in [0.1, 0.15) is 37.0 Å². The van der Waals surface area contributed by atoms with E-state index in [1.54, 1.807) is 14.0 Å². The van der Waals surface area contributed by atoms with Crippen molar-refractivity contribution in [1.29, 1.82) is 0 Å². The quantitative estimate of drug-likeness (QED) is 0.301. The fourth-order valence-corrected chi connectivity index (χ4v) is 8.07. The summed E-state index contributed by atoms with van der Waals surface area (Å²) in [5.41, 5.74) is 3.12. The molecule has 2 fully saturated rings. The fraction of sp³-hybridized carbons (Fsp3) is 0.600. The van der Waals surface area contributed by atoms with Crippen molar-refractivity contribution in [3.05, 3.63) is 39.4 Å². The molecular formula is C25H36N4O7S2. The number of β-lactam (4-membered cyclic amide) rings is 1. The normalized spacial score (nSPS) is 28.4. The summed E-state index contributed by atoms with van der Waals surface area (Å²) in [6.07, 6.45) is -0.281. The smallest absolute Gasteiger partial charge is 0.353 e. The van der Waals surface area contributed by atoms with Crippen LogP contribution in [0.4, 0.5) is 0 Å². The van der Waals surface area contributed by atoms with Crippen molar-refractivity contribution < 1.29 is 33.0 Å².